The highest BCUT2D eigenvalue weighted by molar-refractivity contribution is 5.07. The first-order chi connectivity index (χ1) is 9.36. The third kappa shape index (κ3) is 2.73. The summed E-state index contributed by atoms with van der Waals surface area (Å²) < 4.78 is 0. The quantitative estimate of drug-likeness (QED) is 0.763. The van der Waals surface area contributed by atoms with E-state index in [4.69, 9.17) is 0 Å². The Morgan fingerprint density at radius 1 is 0.895 bits per heavy atom. The molecule has 0 heterocycles. The highest BCUT2D eigenvalue weighted by Gasteiger charge is 2.55. The summed E-state index contributed by atoms with van der Waals surface area (Å²) in [5.41, 5.74) is 0. The first kappa shape index (κ1) is 13.9. The molecule has 5 atom stereocenters. The van der Waals surface area contributed by atoms with Crippen LogP contribution in [0.25, 0.3) is 0 Å². The first-order valence-corrected chi connectivity index (χ1v) is 9.10. The molecule has 3 aliphatic carbocycles. The average Bonchev–Trinajstić information content (AvgIpc) is 3.19. The summed E-state index contributed by atoms with van der Waals surface area (Å²) in [6.07, 6.45) is 13.5. The van der Waals surface area contributed by atoms with Crippen LogP contribution < -0.4 is 5.32 Å². The van der Waals surface area contributed by atoms with Crippen LogP contribution in [-0.4, -0.2) is 12.6 Å². The van der Waals surface area contributed by atoms with Gasteiger partial charge >= 0.3 is 0 Å². The fourth-order valence-corrected chi connectivity index (χ4v) is 5.60. The Morgan fingerprint density at radius 3 is 2.16 bits per heavy atom. The van der Waals surface area contributed by atoms with Gasteiger partial charge in [-0.25, -0.2) is 0 Å². The minimum Gasteiger partial charge on any atom is -0.314 e. The fraction of sp³-hybridized carbons (Fsp3) is 1.00. The molecule has 3 rings (SSSR count). The monoisotopic (exact) mass is 263 g/mol. The van der Waals surface area contributed by atoms with Gasteiger partial charge in [-0.1, -0.05) is 52.4 Å². The van der Waals surface area contributed by atoms with E-state index in [1.54, 1.807) is 12.8 Å². The zero-order valence-electron chi connectivity index (χ0n) is 13.0. The second-order valence-electron chi connectivity index (χ2n) is 7.39. The van der Waals surface area contributed by atoms with Crippen LogP contribution in [0.3, 0.4) is 0 Å². The topological polar surface area (TPSA) is 12.0 Å². The Balaban J connectivity index is 1.69. The predicted molar refractivity (Wildman–Crippen MR) is 82.1 cm³/mol. The van der Waals surface area contributed by atoms with Crippen LogP contribution in [0.15, 0.2) is 0 Å². The van der Waals surface area contributed by atoms with E-state index < -0.39 is 0 Å². The summed E-state index contributed by atoms with van der Waals surface area (Å²) in [7, 11) is 0. The summed E-state index contributed by atoms with van der Waals surface area (Å²) in [5, 5.41) is 3.93. The SMILES string of the molecule is CCNC(C1CCCCC1CC)C1C2CCCCC21. The Bertz CT molecular complexity index is 275. The molecule has 0 bridgehead atoms. The Hall–Kier alpha value is -0.0400. The van der Waals surface area contributed by atoms with Crippen molar-refractivity contribution in [2.24, 2.45) is 29.6 Å². The van der Waals surface area contributed by atoms with Crippen LogP contribution in [0.4, 0.5) is 0 Å². The van der Waals surface area contributed by atoms with Crippen molar-refractivity contribution in [3.05, 3.63) is 0 Å². The van der Waals surface area contributed by atoms with E-state index in [2.05, 4.69) is 19.2 Å². The Kier molecular flexibility index (Phi) is 4.51. The maximum absolute atomic E-state index is 3.93. The van der Waals surface area contributed by atoms with Gasteiger partial charge in [0.25, 0.3) is 0 Å². The molecule has 0 spiro atoms. The molecule has 110 valence electrons. The van der Waals surface area contributed by atoms with Crippen LogP contribution in [0, 0.1) is 29.6 Å². The van der Waals surface area contributed by atoms with Crippen LogP contribution >= 0.6 is 0 Å². The molecule has 3 fully saturated rings. The fourth-order valence-electron chi connectivity index (χ4n) is 5.60. The smallest absolute Gasteiger partial charge is 0.0132 e. The molecule has 0 radical (unpaired) electrons. The van der Waals surface area contributed by atoms with Crippen molar-refractivity contribution in [1.82, 2.24) is 5.32 Å². The van der Waals surface area contributed by atoms with Gasteiger partial charge in [-0.15, -0.1) is 0 Å². The lowest BCUT2D eigenvalue weighted by molar-refractivity contribution is 0.157. The molecule has 1 N–H and O–H groups in total. The molecule has 3 saturated carbocycles. The number of rotatable bonds is 5. The number of hydrogen-bond donors (Lipinski definition) is 1. The molecule has 19 heavy (non-hydrogen) atoms. The molecule has 0 saturated heterocycles. The molecule has 5 unspecified atom stereocenters. The van der Waals surface area contributed by atoms with Gasteiger partial charge in [0.05, 0.1) is 0 Å². The zero-order valence-corrected chi connectivity index (χ0v) is 13.0. The van der Waals surface area contributed by atoms with Crippen LogP contribution in [0.2, 0.25) is 0 Å². The average molecular weight is 263 g/mol. The van der Waals surface area contributed by atoms with Crippen molar-refractivity contribution < 1.29 is 0 Å². The van der Waals surface area contributed by atoms with Gasteiger partial charge in [0.2, 0.25) is 0 Å². The van der Waals surface area contributed by atoms with E-state index in [9.17, 15) is 0 Å². The van der Waals surface area contributed by atoms with Crippen molar-refractivity contribution in [2.45, 2.75) is 77.7 Å². The van der Waals surface area contributed by atoms with E-state index in [0.29, 0.717) is 0 Å². The molecular weight excluding hydrogens is 230 g/mol. The second kappa shape index (κ2) is 6.16. The largest absolute Gasteiger partial charge is 0.314 e. The second-order valence-corrected chi connectivity index (χ2v) is 7.39. The van der Waals surface area contributed by atoms with Crippen molar-refractivity contribution in [2.75, 3.05) is 6.54 Å². The lowest BCUT2D eigenvalue weighted by atomic mass is 9.72. The maximum atomic E-state index is 3.93. The van der Waals surface area contributed by atoms with E-state index >= 15 is 0 Å². The van der Waals surface area contributed by atoms with Gasteiger partial charge in [-0.2, -0.15) is 0 Å². The summed E-state index contributed by atoms with van der Waals surface area (Å²) in [6, 6.07) is 0.864. The summed E-state index contributed by atoms with van der Waals surface area (Å²) in [5.74, 6) is 5.28. The summed E-state index contributed by atoms with van der Waals surface area (Å²) >= 11 is 0. The van der Waals surface area contributed by atoms with Gasteiger partial charge in [-0.3, -0.25) is 0 Å². The van der Waals surface area contributed by atoms with E-state index in [1.807, 2.05) is 0 Å². The molecule has 1 heteroatoms. The lowest BCUT2D eigenvalue weighted by Crippen LogP contribution is -2.43. The number of nitrogens with one attached hydrogen (secondary N) is 1. The highest BCUT2D eigenvalue weighted by atomic mass is 14.9. The Morgan fingerprint density at radius 2 is 1.53 bits per heavy atom. The molecule has 0 amide bonds. The van der Waals surface area contributed by atoms with E-state index in [0.717, 1.165) is 35.6 Å². The van der Waals surface area contributed by atoms with Crippen molar-refractivity contribution in [3.8, 4) is 0 Å². The maximum Gasteiger partial charge on any atom is 0.0132 e. The van der Waals surface area contributed by atoms with Crippen molar-refractivity contribution >= 4 is 0 Å². The van der Waals surface area contributed by atoms with Crippen LogP contribution in [0.5, 0.6) is 0 Å². The van der Waals surface area contributed by atoms with E-state index in [-0.39, 0.29) is 0 Å². The first-order valence-electron chi connectivity index (χ1n) is 9.10. The number of hydrogen-bond acceptors (Lipinski definition) is 1. The molecule has 0 aromatic carbocycles. The highest BCUT2D eigenvalue weighted by Crippen LogP contribution is 2.59. The van der Waals surface area contributed by atoms with Gasteiger partial charge < -0.3 is 5.32 Å². The minimum atomic E-state index is 0.864. The third-order valence-corrected chi connectivity index (χ3v) is 6.53. The minimum absolute atomic E-state index is 0.864. The lowest BCUT2D eigenvalue weighted by Gasteiger charge is -2.38. The molecule has 0 aromatic heterocycles. The summed E-state index contributed by atoms with van der Waals surface area (Å²) in [4.78, 5) is 0. The van der Waals surface area contributed by atoms with Crippen molar-refractivity contribution in [1.29, 1.82) is 0 Å². The summed E-state index contributed by atoms with van der Waals surface area (Å²) in [6.45, 7) is 5.91. The van der Waals surface area contributed by atoms with E-state index in [1.165, 1.54) is 51.5 Å². The molecule has 0 aromatic rings. The standard InChI is InChI=1S/C18H33N/c1-3-13-9-5-6-10-14(13)18(19-4-2)17-15-11-7-8-12-16(15)17/h13-19H,3-12H2,1-2H3. The van der Waals surface area contributed by atoms with Gasteiger partial charge in [0.15, 0.2) is 0 Å². The molecule has 0 aliphatic heterocycles. The predicted octanol–water partition coefficient (Wildman–Crippen LogP) is 4.62. The van der Waals surface area contributed by atoms with Gasteiger partial charge in [-0.05, 0) is 55.4 Å². The number of fused-ring (bicyclic) bond motifs is 1. The third-order valence-electron chi connectivity index (χ3n) is 6.53. The molecule has 3 aliphatic rings. The zero-order chi connectivity index (χ0) is 13.2. The van der Waals surface area contributed by atoms with Crippen LogP contribution in [-0.2, 0) is 0 Å². The van der Waals surface area contributed by atoms with Gasteiger partial charge in [0, 0.05) is 6.04 Å². The molecule has 1 nitrogen and oxygen atoms in total. The van der Waals surface area contributed by atoms with Crippen molar-refractivity contribution in [3.63, 3.8) is 0 Å². The normalized spacial score (nSPS) is 43.6. The Labute approximate surface area is 119 Å². The van der Waals surface area contributed by atoms with Crippen LogP contribution in [0.1, 0.15) is 71.6 Å². The van der Waals surface area contributed by atoms with Gasteiger partial charge in [0.1, 0.15) is 0 Å². The molecular formula is C18H33N.